The van der Waals surface area contributed by atoms with Gasteiger partial charge in [0.2, 0.25) is 0 Å². The van der Waals surface area contributed by atoms with E-state index in [1.165, 1.54) is 17.7 Å². The van der Waals surface area contributed by atoms with Crippen LogP contribution in [0.15, 0.2) is 35.3 Å². The van der Waals surface area contributed by atoms with Crippen molar-refractivity contribution >= 4 is 28.7 Å². The number of amidine groups is 1. The number of thioether (sulfide) groups is 2. The first kappa shape index (κ1) is 12.8. The van der Waals surface area contributed by atoms with E-state index in [9.17, 15) is 0 Å². The van der Waals surface area contributed by atoms with Crippen LogP contribution in [-0.2, 0) is 0 Å². The molecule has 0 amide bonds. The molecule has 1 N–H and O–H groups in total. The number of hydrogen-bond donors (Lipinski definition) is 1. The Bertz CT molecular complexity index is 365. The largest absolute Gasteiger partial charge is 0.365 e. The molecule has 1 aliphatic rings. The van der Waals surface area contributed by atoms with E-state index in [-0.39, 0.29) is 0 Å². The molecular formula is C13H18N2S2. The Morgan fingerprint density at radius 1 is 1.41 bits per heavy atom. The van der Waals surface area contributed by atoms with E-state index >= 15 is 0 Å². The Morgan fingerprint density at radius 2 is 2.24 bits per heavy atom. The molecule has 1 atom stereocenters. The lowest BCUT2D eigenvalue weighted by Gasteiger charge is -2.09. The average molecular weight is 266 g/mol. The third kappa shape index (κ3) is 3.96. The quantitative estimate of drug-likeness (QED) is 0.828. The molecule has 2 nitrogen and oxygen atoms in total. The minimum absolute atomic E-state index is 0.499. The van der Waals surface area contributed by atoms with E-state index in [4.69, 9.17) is 0 Å². The molecule has 0 bridgehead atoms. The molecule has 0 saturated carbocycles. The molecule has 1 heterocycles. The minimum Gasteiger partial charge on any atom is -0.365 e. The maximum Gasteiger partial charge on any atom is 0.157 e. The summed E-state index contributed by atoms with van der Waals surface area (Å²) < 4.78 is 0. The van der Waals surface area contributed by atoms with E-state index in [2.05, 4.69) is 46.9 Å². The third-order valence-corrected chi connectivity index (χ3v) is 4.53. The lowest BCUT2D eigenvalue weighted by Crippen LogP contribution is -2.20. The van der Waals surface area contributed by atoms with Crippen molar-refractivity contribution in [3.05, 3.63) is 35.9 Å². The van der Waals surface area contributed by atoms with Gasteiger partial charge in [-0.25, -0.2) is 0 Å². The summed E-state index contributed by atoms with van der Waals surface area (Å²) >= 11 is 3.75. The zero-order valence-electron chi connectivity index (χ0n) is 10.1. The van der Waals surface area contributed by atoms with E-state index < -0.39 is 0 Å². The predicted octanol–water partition coefficient (Wildman–Crippen LogP) is 3.17. The van der Waals surface area contributed by atoms with Gasteiger partial charge in [0.05, 0.1) is 11.8 Å². The van der Waals surface area contributed by atoms with Gasteiger partial charge in [-0.05, 0) is 24.0 Å². The van der Waals surface area contributed by atoms with Gasteiger partial charge in [0.15, 0.2) is 5.17 Å². The average Bonchev–Trinajstić information content (AvgIpc) is 2.85. The van der Waals surface area contributed by atoms with Gasteiger partial charge in [0, 0.05) is 6.54 Å². The van der Waals surface area contributed by atoms with Crippen molar-refractivity contribution in [1.82, 2.24) is 5.32 Å². The fourth-order valence-corrected chi connectivity index (χ4v) is 3.20. The Hall–Kier alpha value is -0.610. The molecule has 0 radical (unpaired) electrons. The van der Waals surface area contributed by atoms with E-state index in [0.29, 0.717) is 5.25 Å². The molecule has 0 fully saturated rings. The van der Waals surface area contributed by atoms with Crippen molar-refractivity contribution < 1.29 is 0 Å². The van der Waals surface area contributed by atoms with Crippen molar-refractivity contribution in [1.29, 1.82) is 0 Å². The smallest absolute Gasteiger partial charge is 0.157 e. The minimum atomic E-state index is 0.499. The van der Waals surface area contributed by atoms with Gasteiger partial charge < -0.3 is 5.32 Å². The van der Waals surface area contributed by atoms with Gasteiger partial charge >= 0.3 is 0 Å². The molecule has 1 aromatic carbocycles. The fourth-order valence-electron chi connectivity index (χ4n) is 1.73. The van der Waals surface area contributed by atoms with Crippen LogP contribution in [0.2, 0.25) is 0 Å². The van der Waals surface area contributed by atoms with Crippen LogP contribution >= 0.6 is 23.5 Å². The summed E-state index contributed by atoms with van der Waals surface area (Å²) in [5.74, 6) is 1.22. The lowest BCUT2D eigenvalue weighted by atomic mass is 10.1. The van der Waals surface area contributed by atoms with Gasteiger partial charge in [0.1, 0.15) is 0 Å². The van der Waals surface area contributed by atoms with Gasteiger partial charge in [-0.15, -0.1) is 0 Å². The molecule has 17 heavy (non-hydrogen) atoms. The highest BCUT2D eigenvalue weighted by Crippen LogP contribution is 2.33. The number of aliphatic imine (C=N–C) groups is 1. The molecule has 0 saturated heterocycles. The summed E-state index contributed by atoms with van der Waals surface area (Å²) in [6, 6.07) is 10.6. The summed E-state index contributed by atoms with van der Waals surface area (Å²) in [6.07, 6.45) is 3.35. The van der Waals surface area contributed by atoms with Crippen molar-refractivity contribution in [2.75, 3.05) is 25.1 Å². The SMILES string of the molecule is CSCCCNC1=NCC(c2ccccc2)S1. The first-order chi connectivity index (χ1) is 8.40. The highest BCUT2D eigenvalue weighted by molar-refractivity contribution is 8.14. The van der Waals surface area contributed by atoms with Crippen molar-refractivity contribution in [2.24, 2.45) is 4.99 Å². The van der Waals surface area contributed by atoms with Crippen LogP contribution in [0.4, 0.5) is 0 Å². The summed E-state index contributed by atoms with van der Waals surface area (Å²) in [5, 5.41) is 5.03. The fraction of sp³-hybridized carbons (Fsp3) is 0.462. The van der Waals surface area contributed by atoms with E-state index in [0.717, 1.165) is 18.3 Å². The number of rotatable bonds is 5. The third-order valence-electron chi connectivity index (χ3n) is 2.63. The Balaban J connectivity index is 1.75. The molecule has 92 valence electrons. The summed E-state index contributed by atoms with van der Waals surface area (Å²) in [4.78, 5) is 4.55. The first-order valence-electron chi connectivity index (χ1n) is 5.89. The van der Waals surface area contributed by atoms with Crippen LogP contribution in [0, 0.1) is 0 Å². The molecule has 4 heteroatoms. The monoisotopic (exact) mass is 266 g/mol. The van der Waals surface area contributed by atoms with Gasteiger partial charge in [-0.2, -0.15) is 11.8 Å². The second-order valence-corrected chi connectivity index (χ2v) is 6.11. The Labute approximate surface area is 112 Å². The van der Waals surface area contributed by atoms with Crippen LogP contribution in [-0.4, -0.2) is 30.3 Å². The zero-order chi connectivity index (χ0) is 11.9. The number of benzene rings is 1. The summed E-state index contributed by atoms with van der Waals surface area (Å²) in [5.41, 5.74) is 1.38. The van der Waals surface area contributed by atoms with Gasteiger partial charge in [-0.1, -0.05) is 42.1 Å². The number of hydrogen-bond acceptors (Lipinski definition) is 4. The van der Waals surface area contributed by atoms with Gasteiger partial charge in [0.25, 0.3) is 0 Å². The van der Waals surface area contributed by atoms with Crippen LogP contribution in [0.5, 0.6) is 0 Å². The molecule has 0 aromatic heterocycles. The first-order valence-corrected chi connectivity index (χ1v) is 8.16. The number of nitrogens with one attached hydrogen (secondary N) is 1. The molecule has 1 aliphatic heterocycles. The Morgan fingerprint density at radius 3 is 3.00 bits per heavy atom. The van der Waals surface area contributed by atoms with Crippen molar-refractivity contribution in [2.45, 2.75) is 11.7 Å². The molecule has 0 aliphatic carbocycles. The van der Waals surface area contributed by atoms with Crippen molar-refractivity contribution in [3.8, 4) is 0 Å². The van der Waals surface area contributed by atoms with Crippen LogP contribution < -0.4 is 5.32 Å². The van der Waals surface area contributed by atoms with Crippen LogP contribution in [0.3, 0.4) is 0 Å². The molecule has 1 unspecified atom stereocenters. The summed E-state index contributed by atoms with van der Waals surface area (Å²) in [7, 11) is 0. The molecular weight excluding hydrogens is 248 g/mol. The predicted molar refractivity (Wildman–Crippen MR) is 80.1 cm³/mol. The lowest BCUT2D eigenvalue weighted by molar-refractivity contribution is 0.852. The van der Waals surface area contributed by atoms with Gasteiger partial charge in [-0.3, -0.25) is 4.99 Å². The number of nitrogens with zero attached hydrogens (tertiary/aromatic N) is 1. The maximum absolute atomic E-state index is 4.55. The second kappa shape index (κ2) is 6.97. The highest BCUT2D eigenvalue weighted by atomic mass is 32.2. The molecule has 1 aromatic rings. The van der Waals surface area contributed by atoms with Crippen LogP contribution in [0.1, 0.15) is 17.2 Å². The standard InChI is InChI=1S/C13H18N2S2/c1-16-9-5-8-14-13-15-10-12(17-13)11-6-3-2-4-7-11/h2-4,6-7,12H,5,8-10H2,1H3,(H,14,15). The van der Waals surface area contributed by atoms with Crippen molar-refractivity contribution in [3.63, 3.8) is 0 Å². The topological polar surface area (TPSA) is 24.4 Å². The molecule has 2 rings (SSSR count). The maximum atomic E-state index is 4.55. The van der Waals surface area contributed by atoms with Crippen LogP contribution in [0.25, 0.3) is 0 Å². The zero-order valence-corrected chi connectivity index (χ0v) is 11.7. The van der Waals surface area contributed by atoms with E-state index in [1.807, 2.05) is 23.5 Å². The normalized spacial score (nSPS) is 19.1. The summed E-state index contributed by atoms with van der Waals surface area (Å²) in [6.45, 7) is 1.94. The highest BCUT2D eigenvalue weighted by Gasteiger charge is 2.20. The molecule has 0 spiro atoms. The Kier molecular flexibility index (Phi) is 5.26. The van der Waals surface area contributed by atoms with E-state index in [1.54, 1.807) is 0 Å². The second-order valence-electron chi connectivity index (χ2n) is 3.94.